The normalized spacial score (nSPS) is 15.7. The van der Waals surface area contributed by atoms with Gasteiger partial charge in [-0.25, -0.2) is 4.79 Å². The van der Waals surface area contributed by atoms with Crippen LogP contribution in [0.5, 0.6) is 0 Å². The summed E-state index contributed by atoms with van der Waals surface area (Å²) < 4.78 is 0. The van der Waals surface area contributed by atoms with E-state index in [-0.39, 0.29) is 11.8 Å². The molecule has 0 aliphatic heterocycles. The van der Waals surface area contributed by atoms with Crippen molar-refractivity contribution < 1.29 is 14.7 Å². The van der Waals surface area contributed by atoms with Crippen LogP contribution in [-0.4, -0.2) is 23.0 Å². The molecule has 0 radical (unpaired) electrons. The Bertz CT molecular complexity index is 473. The molecule has 4 nitrogen and oxygen atoms in total. The highest BCUT2D eigenvalue weighted by atomic mass is 16.4. The van der Waals surface area contributed by atoms with E-state index in [9.17, 15) is 9.59 Å². The van der Waals surface area contributed by atoms with Gasteiger partial charge in [0, 0.05) is 5.92 Å². The Hall–Kier alpha value is -1.84. The summed E-state index contributed by atoms with van der Waals surface area (Å²) in [4.78, 5) is 23.4. The highest BCUT2D eigenvalue weighted by Gasteiger charge is 2.29. The van der Waals surface area contributed by atoms with Crippen LogP contribution in [0.2, 0.25) is 0 Å². The lowest BCUT2D eigenvalue weighted by Gasteiger charge is -2.17. The lowest BCUT2D eigenvalue weighted by Crippen LogP contribution is -2.43. The fraction of sp³-hybridized carbons (Fsp3) is 0.500. The number of hydrogen-bond donors (Lipinski definition) is 2. The summed E-state index contributed by atoms with van der Waals surface area (Å²) in [5.41, 5.74) is 2.40. The standard InChI is InChI=1S/C16H21NO3/c1-2-3-8-14(16(19)20)17-15(18)13-9-11-6-4-5-7-12(11)10-13/h4-7,13-14H,2-3,8-10H2,1H3,(H,17,18)(H,19,20)/t14-/m0/s1. The van der Waals surface area contributed by atoms with Crippen molar-refractivity contribution >= 4 is 11.9 Å². The van der Waals surface area contributed by atoms with Crippen LogP contribution in [0.3, 0.4) is 0 Å². The Labute approximate surface area is 119 Å². The van der Waals surface area contributed by atoms with E-state index in [0.717, 1.165) is 12.8 Å². The third-order valence-corrected chi connectivity index (χ3v) is 3.88. The van der Waals surface area contributed by atoms with E-state index in [1.165, 1.54) is 11.1 Å². The van der Waals surface area contributed by atoms with Gasteiger partial charge in [-0.2, -0.15) is 0 Å². The summed E-state index contributed by atoms with van der Waals surface area (Å²) in [5.74, 6) is -1.21. The van der Waals surface area contributed by atoms with E-state index in [1.807, 2.05) is 31.2 Å². The summed E-state index contributed by atoms with van der Waals surface area (Å²) >= 11 is 0. The van der Waals surface area contributed by atoms with Gasteiger partial charge in [0.2, 0.25) is 5.91 Å². The molecule has 1 aliphatic carbocycles. The molecule has 4 heteroatoms. The summed E-state index contributed by atoms with van der Waals surface area (Å²) in [7, 11) is 0. The predicted octanol–water partition coefficient (Wildman–Crippen LogP) is 2.16. The van der Waals surface area contributed by atoms with Gasteiger partial charge in [-0.05, 0) is 30.4 Å². The predicted molar refractivity (Wildman–Crippen MR) is 76.4 cm³/mol. The molecule has 1 atom stereocenters. The first kappa shape index (κ1) is 14.6. The smallest absolute Gasteiger partial charge is 0.326 e. The summed E-state index contributed by atoms with van der Waals surface area (Å²) in [6.07, 6.45) is 3.65. The Balaban J connectivity index is 1.94. The van der Waals surface area contributed by atoms with E-state index in [4.69, 9.17) is 5.11 Å². The van der Waals surface area contributed by atoms with Crippen molar-refractivity contribution in [3.05, 3.63) is 35.4 Å². The average molecular weight is 275 g/mol. The molecule has 1 aliphatic rings. The van der Waals surface area contributed by atoms with Crippen molar-refractivity contribution in [2.45, 2.75) is 45.1 Å². The van der Waals surface area contributed by atoms with Gasteiger partial charge in [0.25, 0.3) is 0 Å². The molecular formula is C16H21NO3. The lowest BCUT2D eigenvalue weighted by molar-refractivity contribution is -0.142. The number of carboxylic acids is 1. The van der Waals surface area contributed by atoms with Gasteiger partial charge < -0.3 is 10.4 Å². The number of nitrogens with one attached hydrogen (secondary N) is 1. The minimum Gasteiger partial charge on any atom is -0.480 e. The number of carbonyl (C=O) groups excluding carboxylic acids is 1. The van der Waals surface area contributed by atoms with E-state index >= 15 is 0 Å². The van der Waals surface area contributed by atoms with Crippen LogP contribution in [0, 0.1) is 5.92 Å². The average Bonchev–Trinajstić information content (AvgIpc) is 2.86. The fourth-order valence-corrected chi connectivity index (χ4v) is 2.70. The number of hydrogen-bond acceptors (Lipinski definition) is 2. The molecule has 1 aromatic carbocycles. The van der Waals surface area contributed by atoms with E-state index in [1.54, 1.807) is 0 Å². The van der Waals surface area contributed by atoms with Gasteiger partial charge in [-0.3, -0.25) is 4.79 Å². The van der Waals surface area contributed by atoms with Gasteiger partial charge in [0.1, 0.15) is 6.04 Å². The topological polar surface area (TPSA) is 66.4 Å². The molecule has 2 rings (SSSR count). The van der Waals surface area contributed by atoms with Crippen LogP contribution in [0.4, 0.5) is 0 Å². The molecule has 108 valence electrons. The SMILES string of the molecule is CCCC[C@H](NC(=O)C1Cc2ccccc2C1)C(=O)O. The second-order valence-electron chi connectivity index (χ2n) is 5.42. The largest absolute Gasteiger partial charge is 0.480 e. The highest BCUT2D eigenvalue weighted by molar-refractivity contribution is 5.85. The van der Waals surface area contributed by atoms with Gasteiger partial charge >= 0.3 is 5.97 Å². The first-order valence-corrected chi connectivity index (χ1v) is 7.21. The molecule has 20 heavy (non-hydrogen) atoms. The number of benzene rings is 1. The molecule has 0 heterocycles. The van der Waals surface area contributed by atoms with Crippen LogP contribution in [0.25, 0.3) is 0 Å². The van der Waals surface area contributed by atoms with Crippen LogP contribution in [-0.2, 0) is 22.4 Å². The second kappa shape index (κ2) is 6.55. The van der Waals surface area contributed by atoms with Crippen molar-refractivity contribution in [3.63, 3.8) is 0 Å². The zero-order valence-electron chi connectivity index (χ0n) is 11.8. The number of carboxylic acid groups (broad SMARTS) is 1. The number of rotatable bonds is 6. The van der Waals surface area contributed by atoms with Crippen LogP contribution in [0.1, 0.15) is 37.3 Å². The van der Waals surface area contributed by atoms with E-state index < -0.39 is 12.0 Å². The fourth-order valence-electron chi connectivity index (χ4n) is 2.70. The Kier molecular flexibility index (Phi) is 4.77. The highest BCUT2D eigenvalue weighted by Crippen LogP contribution is 2.26. The molecule has 0 saturated carbocycles. The molecule has 0 fully saturated rings. The van der Waals surface area contributed by atoms with E-state index in [2.05, 4.69) is 5.32 Å². The summed E-state index contributed by atoms with van der Waals surface area (Å²) in [6.45, 7) is 2.01. The van der Waals surface area contributed by atoms with Crippen molar-refractivity contribution in [1.29, 1.82) is 0 Å². The van der Waals surface area contributed by atoms with Crippen molar-refractivity contribution in [2.24, 2.45) is 5.92 Å². The zero-order chi connectivity index (χ0) is 14.5. The third kappa shape index (κ3) is 3.38. The molecular weight excluding hydrogens is 254 g/mol. The monoisotopic (exact) mass is 275 g/mol. The maximum absolute atomic E-state index is 12.2. The molecule has 0 unspecified atom stereocenters. The molecule has 0 bridgehead atoms. The minimum atomic E-state index is -0.942. The van der Waals surface area contributed by atoms with Gasteiger partial charge in [-0.1, -0.05) is 44.0 Å². The zero-order valence-corrected chi connectivity index (χ0v) is 11.8. The molecule has 0 spiro atoms. The van der Waals surface area contributed by atoms with Crippen LogP contribution in [0.15, 0.2) is 24.3 Å². The van der Waals surface area contributed by atoms with Crippen LogP contribution < -0.4 is 5.32 Å². The van der Waals surface area contributed by atoms with Gasteiger partial charge in [-0.15, -0.1) is 0 Å². The number of carbonyl (C=O) groups is 2. The number of fused-ring (bicyclic) bond motifs is 1. The second-order valence-corrected chi connectivity index (χ2v) is 5.42. The van der Waals surface area contributed by atoms with Gasteiger partial charge in [0.15, 0.2) is 0 Å². The maximum Gasteiger partial charge on any atom is 0.326 e. The molecule has 2 N–H and O–H groups in total. The van der Waals surface area contributed by atoms with Crippen molar-refractivity contribution in [1.82, 2.24) is 5.32 Å². The first-order valence-electron chi connectivity index (χ1n) is 7.21. The van der Waals surface area contributed by atoms with Gasteiger partial charge in [0.05, 0.1) is 0 Å². The number of amides is 1. The van der Waals surface area contributed by atoms with E-state index in [0.29, 0.717) is 19.3 Å². The third-order valence-electron chi connectivity index (χ3n) is 3.88. The Morgan fingerprint density at radius 3 is 2.40 bits per heavy atom. The Morgan fingerprint density at radius 2 is 1.90 bits per heavy atom. The molecule has 0 saturated heterocycles. The molecule has 1 amide bonds. The molecule has 1 aromatic rings. The minimum absolute atomic E-state index is 0.129. The van der Waals surface area contributed by atoms with Crippen molar-refractivity contribution in [2.75, 3.05) is 0 Å². The molecule has 0 aromatic heterocycles. The first-order chi connectivity index (χ1) is 9.61. The maximum atomic E-state index is 12.2. The summed E-state index contributed by atoms with van der Waals surface area (Å²) in [5, 5.41) is 11.8. The summed E-state index contributed by atoms with van der Waals surface area (Å²) in [6, 6.07) is 7.26. The van der Waals surface area contributed by atoms with Crippen LogP contribution >= 0.6 is 0 Å². The number of unbranched alkanes of at least 4 members (excludes halogenated alkanes) is 1. The Morgan fingerprint density at radius 1 is 1.30 bits per heavy atom. The van der Waals surface area contributed by atoms with Crippen molar-refractivity contribution in [3.8, 4) is 0 Å². The lowest BCUT2D eigenvalue weighted by atomic mass is 10.0. The quantitative estimate of drug-likeness (QED) is 0.836. The number of aliphatic carboxylic acids is 1.